The van der Waals surface area contributed by atoms with E-state index in [9.17, 15) is 4.79 Å². The Bertz CT molecular complexity index is 711. The van der Waals surface area contributed by atoms with E-state index in [2.05, 4.69) is 17.2 Å². The van der Waals surface area contributed by atoms with Gasteiger partial charge in [-0.2, -0.15) is 0 Å². The van der Waals surface area contributed by atoms with Crippen molar-refractivity contribution in [3.63, 3.8) is 0 Å². The molecule has 0 aliphatic rings. The van der Waals surface area contributed by atoms with Gasteiger partial charge < -0.3 is 20.5 Å². The average Bonchev–Trinajstić information content (AvgIpc) is 2.64. The fraction of sp³-hybridized carbons (Fsp3) is 0.250. The van der Waals surface area contributed by atoms with Gasteiger partial charge in [0.05, 0.1) is 6.61 Å². The molecule has 0 aliphatic carbocycles. The zero-order valence-electron chi connectivity index (χ0n) is 14.4. The first kappa shape index (κ1) is 18.5. The number of hydrogen-bond acceptors (Lipinski definition) is 4. The van der Waals surface area contributed by atoms with Gasteiger partial charge in [-0.3, -0.25) is 4.79 Å². The Morgan fingerprint density at radius 2 is 2.00 bits per heavy atom. The third-order valence-corrected chi connectivity index (χ3v) is 3.75. The van der Waals surface area contributed by atoms with Gasteiger partial charge in [0.1, 0.15) is 12.4 Å². The molecular weight excluding hydrogens is 316 g/mol. The molecule has 1 amide bonds. The number of benzene rings is 2. The summed E-state index contributed by atoms with van der Waals surface area (Å²) in [5, 5.41) is 14.9. The number of anilines is 1. The van der Waals surface area contributed by atoms with E-state index in [4.69, 9.17) is 9.84 Å². The summed E-state index contributed by atoms with van der Waals surface area (Å²) in [5.41, 5.74) is 3.50. The van der Waals surface area contributed by atoms with Crippen LogP contribution in [-0.2, 0) is 6.54 Å². The number of ether oxygens (including phenoxy) is 1. The van der Waals surface area contributed by atoms with Gasteiger partial charge >= 0.3 is 0 Å². The van der Waals surface area contributed by atoms with Crippen LogP contribution in [0.25, 0.3) is 0 Å². The first-order valence-electron chi connectivity index (χ1n) is 8.21. The van der Waals surface area contributed by atoms with E-state index >= 15 is 0 Å². The number of carbonyl (C=O) groups is 1. The van der Waals surface area contributed by atoms with Crippen LogP contribution in [0.4, 0.5) is 5.69 Å². The summed E-state index contributed by atoms with van der Waals surface area (Å²) < 4.78 is 5.47. The molecule has 0 aromatic heterocycles. The van der Waals surface area contributed by atoms with Crippen molar-refractivity contribution in [1.82, 2.24) is 5.32 Å². The number of hydrogen-bond donors (Lipinski definition) is 3. The zero-order chi connectivity index (χ0) is 18.1. The lowest BCUT2D eigenvalue weighted by atomic mass is 10.1. The van der Waals surface area contributed by atoms with Crippen LogP contribution in [0.2, 0.25) is 0 Å². The molecule has 0 unspecified atom stereocenters. The maximum absolute atomic E-state index is 12.1. The van der Waals surface area contributed by atoms with Crippen LogP contribution < -0.4 is 15.4 Å². The second-order valence-electron chi connectivity index (χ2n) is 5.55. The normalized spacial score (nSPS) is 10.2. The molecule has 0 spiro atoms. The van der Waals surface area contributed by atoms with Gasteiger partial charge in [-0.1, -0.05) is 30.9 Å². The summed E-state index contributed by atoms with van der Waals surface area (Å²) in [6.45, 7) is 6.83. The summed E-state index contributed by atoms with van der Waals surface area (Å²) >= 11 is 0. The van der Waals surface area contributed by atoms with Crippen LogP contribution in [0, 0.1) is 6.92 Å². The molecule has 2 rings (SSSR count). The van der Waals surface area contributed by atoms with Crippen LogP contribution in [0.3, 0.4) is 0 Å². The number of aliphatic hydroxyl groups is 1. The molecule has 0 saturated carbocycles. The minimum absolute atomic E-state index is 0.0742. The highest BCUT2D eigenvalue weighted by Crippen LogP contribution is 2.20. The maximum atomic E-state index is 12.1. The molecule has 5 heteroatoms. The van der Waals surface area contributed by atoms with Crippen molar-refractivity contribution < 1.29 is 14.6 Å². The third-order valence-electron chi connectivity index (χ3n) is 3.75. The van der Waals surface area contributed by atoms with Gasteiger partial charge in [-0.15, -0.1) is 0 Å². The molecule has 0 saturated heterocycles. The number of nitrogens with one attached hydrogen (secondary N) is 2. The standard InChI is InChI=1S/C20H24N2O3/c1-3-13-25-17-9-7-16(8-10-17)14-22-19-6-4-5-18(15(19)2)20(24)21-11-12-23/h3-10,22-23H,1,11-14H2,2H3,(H,21,24). The Morgan fingerprint density at radius 1 is 1.24 bits per heavy atom. The Hall–Kier alpha value is -2.79. The Balaban J connectivity index is 2.00. The summed E-state index contributed by atoms with van der Waals surface area (Å²) in [6.07, 6.45) is 1.71. The molecule has 0 heterocycles. The van der Waals surface area contributed by atoms with Crippen LogP contribution in [0.15, 0.2) is 55.1 Å². The van der Waals surface area contributed by atoms with Crippen molar-refractivity contribution in [3.8, 4) is 5.75 Å². The first-order chi connectivity index (χ1) is 12.2. The van der Waals surface area contributed by atoms with Crippen molar-refractivity contribution >= 4 is 11.6 Å². The van der Waals surface area contributed by atoms with Gasteiger partial charge in [0, 0.05) is 24.3 Å². The topological polar surface area (TPSA) is 70.6 Å². The van der Waals surface area contributed by atoms with Gasteiger partial charge in [-0.05, 0) is 42.3 Å². The maximum Gasteiger partial charge on any atom is 0.251 e. The fourth-order valence-corrected chi connectivity index (χ4v) is 2.39. The van der Waals surface area contributed by atoms with Gasteiger partial charge in [0.2, 0.25) is 0 Å². The molecule has 25 heavy (non-hydrogen) atoms. The highest BCUT2D eigenvalue weighted by molar-refractivity contribution is 5.97. The van der Waals surface area contributed by atoms with Crippen molar-refractivity contribution in [3.05, 3.63) is 71.8 Å². The summed E-state index contributed by atoms with van der Waals surface area (Å²) in [6, 6.07) is 13.4. The lowest BCUT2D eigenvalue weighted by molar-refractivity contribution is 0.0944. The second-order valence-corrected chi connectivity index (χ2v) is 5.55. The molecule has 2 aromatic rings. The van der Waals surface area contributed by atoms with Crippen LogP contribution in [0.1, 0.15) is 21.5 Å². The Morgan fingerprint density at radius 3 is 2.68 bits per heavy atom. The third kappa shape index (κ3) is 5.36. The Kier molecular flexibility index (Phi) is 7.04. The van der Waals surface area contributed by atoms with Crippen molar-refractivity contribution in [1.29, 1.82) is 0 Å². The number of amides is 1. The average molecular weight is 340 g/mol. The molecule has 2 aromatic carbocycles. The molecule has 5 nitrogen and oxygen atoms in total. The van der Waals surface area contributed by atoms with Crippen LogP contribution in [-0.4, -0.2) is 30.8 Å². The van der Waals surface area contributed by atoms with E-state index < -0.39 is 0 Å². The monoisotopic (exact) mass is 340 g/mol. The largest absolute Gasteiger partial charge is 0.490 e. The minimum atomic E-state index is -0.182. The molecule has 0 atom stereocenters. The predicted octanol–water partition coefficient (Wildman–Crippen LogP) is 2.89. The highest BCUT2D eigenvalue weighted by atomic mass is 16.5. The van der Waals surface area contributed by atoms with Crippen molar-refractivity contribution in [2.24, 2.45) is 0 Å². The predicted molar refractivity (Wildman–Crippen MR) is 100 cm³/mol. The smallest absolute Gasteiger partial charge is 0.251 e. The molecule has 0 radical (unpaired) electrons. The second kappa shape index (κ2) is 9.49. The fourth-order valence-electron chi connectivity index (χ4n) is 2.39. The SMILES string of the molecule is C=CCOc1ccc(CNc2cccc(C(=O)NCCO)c2C)cc1. The van der Waals surface area contributed by atoms with Crippen LogP contribution in [0.5, 0.6) is 5.75 Å². The summed E-state index contributed by atoms with van der Waals surface area (Å²) in [5.74, 6) is 0.626. The van der Waals surface area contributed by atoms with E-state index in [1.807, 2.05) is 43.3 Å². The van der Waals surface area contributed by atoms with Gasteiger partial charge in [-0.25, -0.2) is 0 Å². The van der Waals surface area contributed by atoms with E-state index in [1.165, 1.54) is 0 Å². The van der Waals surface area contributed by atoms with E-state index in [0.717, 1.165) is 22.6 Å². The summed E-state index contributed by atoms with van der Waals surface area (Å²) in [4.78, 5) is 12.1. The van der Waals surface area contributed by atoms with E-state index in [-0.39, 0.29) is 19.1 Å². The number of rotatable bonds is 9. The molecule has 3 N–H and O–H groups in total. The molecular formula is C20H24N2O3. The quantitative estimate of drug-likeness (QED) is 0.614. The molecule has 132 valence electrons. The van der Waals surface area contributed by atoms with Gasteiger partial charge in [0.25, 0.3) is 5.91 Å². The number of aliphatic hydroxyl groups excluding tert-OH is 1. The summed E-state index contributed by atoms with van der Waals surface area (Å²) in [7, 11) is 0. The van der Waals surface area contributed by atoms with Crippen LogP contribution >= 0.6 is 0 Å². The van der Waals surface area contributed by atoms with E-state index in [1.54, 1.807) is 12.1 Å². The van der Waals surface area contributed by atoms with Gasteiger partial charge in [0.15, 0.2) is 0 Å². The lowest BCUT2D eigenvalue weighted by Crippen LogP contribution is -2.27. The Labute approximate surface area is 148 Å². The molecule has 0 bridgehead atoms. The van der Waals surface area contributed by atoms with Crippen molar-refractivity contribution in [2.75, 3.05) is 25.1 Å². The minimum Gasteiger partial charge on any atom is -0.490 e. The van der Waals surface area contributed by atoms with Crippen molar-refractivity contribution in [2.45, 2.75) is 13.5 Å². The lowest BCUT2D eigenvalue weighted by Gasteiger charge is -2.13. The molecule has 0 fully saturated rings. The highest BCUT2D eigenvalue weighted by Gasteiger charge is 2.11. The zero-order valence-corrected chi connectivity index (χ0v) is 14.4. The number of carbonyl (C=O) groups excluding carboxylic acids is 1. The molecule has 0 aliphatic heterocycles. The van der Waals surface area contributed by atoms with E-state index in [0.29, 0.717) is 18.7 Å². The first-order valence-corrected chi connectivity index (χ1v) is 8.21.